The molecule has 0 aromatic heterocycles. The number of primary amides is 1. The summed E-state index contributed by atoms with van der Waals surface area (Å²) < 4.78 is 3.82. The lowest BCUT2D eigenvalue weighted by atomic mass is 10.2. The van der Waals surface area contributed by atoms with E-state index < -0.39 is 5.91 Å². The molecule has 10 heavy (non-hydrogen) atoms. The maximum Gasteiger partial charge on any atom is 0.248 e. The molecule has 1 aliphatic rings. The van der Waals surface area contributed by atoms with Gasteiger partial charge in [-0.25, -0.2) is 4.40 Å². The first-order chi connectivity index (χ1) is 4.80. The Morgan fingerprint density at radius 2 is 2.50 bits per heavy atom. The van der Waals surface area contributed by atoms with Crippen LogP contribution in [-0.4, -0.2) is 12.1 Å². The highest BCUT2D eigenvalue weighted by molar-refractivity contribution is 8.01. The normalized spacial score (nSPS) is 16.2. The van der Waals surface area contributed by atoms with Gasteiger partial charge in [0.05, 0.1) is 0 Å². The van der Waals surface area contributed by atoms with E-state index in [2.05, 4.69) is 4.40 Å². The molecule has 2 N–H and O–H groups in total. The number of hydrogen-bond donors (Lipinski definition) is 1. The fourth-order valence-electron chi connectivity index (χ4n) is 0.505. The van der Waals surface area contributed by atoms with Crippen molar-refractivity contribution < 1.29 is 4.79 Å². The predicted octanol–water partition coefficient (Wildman–Crippen LogP) is 0.644. The number of rotatable bonds is 1. The molecule has 1 amide bonds. The molecule has 0 aromatic rings. The summed E-state index contributed by atoms with van der Waals surface area (Å²) >= 11 is 1.27. The Morgan fingerprint density at radius 1 is 1.70 bits per heavy atom. The van der Waals surface area contributed by atoms with Crippen molar-refractivity contribution in [3.63, 3.8) is 0 Å². The van der Waals surface area contributed by atoms with Gasteiger partial charge in [-0.2, -0.15) is 0 Å². The van der Waals surface area contributed by atoms with E-state index in [9.17, 15) is 4.79 Å². The van der Waals surface area contributed by atoms with Crippen LogP contribution >= 0.6 is 11.9 Å². The quantitative estimate of drug-likeness (QED) is 0.563. The molecule has 0 radical (unpaired) electrons. The molecule has 0 saturated carbocycles. The van der Waals surface area contributed by atoms with E-state index in [0.29, 0.717) is 5.57 Å². The standard InChI is InChI=1S/C6H6N2OS/c7-6(9)5-1-3-8-10-4-2-5/h1-4H,(H2,7,9). The van der Waals surface area contributed by atoms with Gasteiger partial charge >= 0.3 is 0 Å². The molecule has 3 nitrogen and oxygen atoms in total. The van der Waals surface area contributed by atoms with Gasteiger partial charge < -0.3 is 5.73 Å². The summed E-state index contributed by atoms with van der Waals surface area (Å²) in [6.07, 6.45) is 4.77. The molecule has 52 valence electrons. The fraction of sp³-hybridized carbons (Fsp3) is 0. The van der Waals surface area contributed by atoms with E-state index >= 15 is 0 Å². The summed E-state index contributed by atoms with van der Waals surface area (Å²) in [5.41, 5.74) is 5.49. The third-order valence-electron chi connectivity index (χ3n) is 0.969. The summed E-state index contributed by atoms with van der Waals surface area (Å²) in [7, 11) is 0. The van der Waals surface area contributed by atoms with Crippen LogP contribution in [0.4, 0.5) is 0 Å². The summed E-state index contributed by atoms with van der Waals surface area (Å²) in [5.74, 6) is -0.426. The minimum Gasteiger partial charge on any atom is -0.366 e. The number of carbonyl (C=O) groups is 1. The fourth-order valence-corrected chi connectivity index (χ4v) is 0.913. The Bertz CT molecular complexity index is 230. The van der Waals surface area contributed by atoms with Gasteiger partial charge in [-0.05, 0) is 17.6 Å². The van der Waals surface area contributed by atoms with Gasteiger partial charge in [0.1, 0.15) is 0 Å². The first kappa shape index (κ1) is 7.08. The second-order valence-electron chi connectivity index (χ2n) is 1.65. The second kappa shape index (κ2) is 3.22. The van der Waals surface area contributed by atoms with Crippen LogP contribution in [0.3, 0.4) is 0 Å². The summed E-state index contributed by atoms with van der Waals surface area (Å²) in [4.78, 5) is 10.5. The lowest BCUT2D eigenvalue weighted by molar-refractivity contribution is -0.114. The van der Waals surface area contributed by atoms with Crippen molar-refractivity contribution in [2.75, 3.05) is 0 Å². The van der Waals surface area contributed by atoms with Crippen LogP contribution in [0.15, 0.2) is 27.5 Å². The van der Waals surface area contributed by atoms with Crippen LogP contribution in [0, 0.1) is 0 Å². The number of allylic oxidation sites excluding steroid dienone is 1. The van der Waals surface area contributed by atoms with Crippen LogP contribution in [0.1, 0.15) is 0 Å². The molecule has 0 atom stereocenters. The van der Waals surface area contributed by atoms with Gasteiger partial charge in [-0.3, -0.25) is 4.79 Å². The first-order valence-corrected chi connectivity index (χ1v) is 3.50. The lowest BCUT2D eigenvalue weighted by Gasteiger charge is -1.88. The molecule has 1 aliphatic heterocycles. The molecular formula is C6H6N2OS. The number of hydrogen-bond acceptors (Lipinski definition) is 3. The summed E-state index contributed by atoms with van der Waals surface area (Å²) in [6.45, 7) is 0. The third-order valence-corrected chi connectivity index (χ3v) is 1.47. The molecule has 0 spiro atoms. The number of carbonyl (C=O) groups excluding carboxylic acids is 1. The monoisotopic (exact) mass is 154 g/mol. The van der Waals surface area contributed by atoms with E-state index in [1.165, 1.54) is 11.9 Å². The molecule has 1 rings (SSSR count). The molecule has 0 aliphatic carbocycles. The van der Waals surface area contributed by atoms with Gasteiger partial charge in [0, 0.05) is 23.7 Å². The highest BCUT2D eigenvalue weighted by atomic mass is 32.2. The summed E-state index contributed by atoms with van der Waals surface area (Å²) in [5, 5.41) is 1.71. The molecular weight excluding hydrogens is 148 g/mol. The van der Waals surface area contributed by atoms with Crippen molar-refractivity contribution in [2.45, 2.75) is 0 Å². The van der Waals surface area contributed by atoms with Crippen LogP contribution < -0.4 is 5.73 Å². The van der Waals surface area contributed by atoms with Crippen LogP contribution in [0.2, 0.25) is 0 Å². The van der Waals surface area contributed by atoms with Crippen molar-refractivity contribution in [1.29, 1.82) is 0 Å². The van der Waals surface area contributed by atoms with Crippen molar-refractivity contribution in [2.24, 2.45) is 10.1 Å². The van der Waals surface area contributed by atoms with Gasteiger partial charge in [0.25, 0.3) is 0 Å². The number of nitrogens with two attached hydrogens (primary N) is 1. The molecule has 0 fully saturated rings. The molecule has 4 heteroatoms. The largest absolute Gasteiger partial charge is 0.366 e. The van der Waals surface area contributed by atoms with Gasteiger partial charge in [0.2, 0.25) is 5.91 Å². The van der Waals surface area contributed by atoms with E-state index in [-0.39, 0.29) is 0 Å². The smallest absolute Gasteiger partial charge is 0.248 e. The average molecular weight is 154 g/mol. The Morgan fingerprint density at radius 3 is 3.20 bits per heavy atom. The highest BCUT2D eigenvalue weighted by Gasteiger charge is 1.99. The van der Waals surface area contributed by atoms with Crippen molar-refractivity contribution in [3.05, 3.63) is 23.1 Å². The van der Waals surface area contributed by atoms with Crippen LogP contribution in [-0.2, 0) is 4.79 Å². The number of amides is 1. The Balaban J connectivity index is 2.83. The Hall–Kier alpha value is -1.03. The highest BCUT2D eigenvalue weighted by Crippen LogP contribution is 2.09. The molecule has 1 heterocycles. The summed E-state index contributed by atoms with van der Waals surface area (Å²) in [6, 6.07) is 0. The number of nitrogens with zero attached hydrogens (tertiary/aromatic N) is 1. The van der Waals surface area contributed by atoms with Crippen molar-refractivity contribution in [3.8, 4) is 0 Å². The van der Waals surface area contributed by atoms with Crippen molar-refractivity contribution in [1.82, 2.24) is 0 Å². The molecule has 0 aromatic carbocycles. The Kier molecular flexibility index (Phi) is 2.28. The minimum atomic E-state index is -0.426. The Labute approximate surface area is 62.8 Å². The van der Waals surface area contributed by atoms with E-state index in [1.54, 1.807) is 23.8 Å². The van der Waals surface area contributed by atoms with Gasteiger partial charge in [-0.1, -0.05) is 0 Å². The minimum absolute atomic E-state index is 0.426. The van der Waals surface area contributed by atoms with E-state index in [1.807, 2.05) is 0 Å². The maximum atomic E-state index is 10.5. The SMILES string of the molecule is NC(=O)C1=CC=NSC=C1. The zero-order valence-electron chi connectivity index (χ0n) is 5.15. The van der Waals surface area contributed by atoms with Gasteiger partial charge in [-0.15, -0.1) is 0 Å². The molecule has 0 unspecified atom stereocenters. The first-order valence-electron chi connectivity index (χ1n) is 2.66. The van der Waals surface area contributed by atoms with Crippen LogP contribution in [0.5, 0.6) is 0 Å². The molecule has 0 saturated heterocycles. The predicted molar refractivity (Wildman–Crippen MR) is 42.5 cm³/mol. The average Bonchev–Trinajstić information content (AvgIpc) is 2.12. The lowest BCUT2D eigenvalue weighted by Crippen LogP contribution is -2.12. The topological polar surface area (TPSA) is 55.5 Å². The van der Waals surface area contributed by atoms with Crippen LogP contribution in [0.25, 0.3) is 0 Å². The van der Waals surface area contributed by atoms with E-state index in [0.717, 1.165) is 0 Å². The maximum absolute atomic E-state index is 10.5. The van der Waals surface area contributed by atoms with Gasteiger partial charge in [0.15, 0.2) is 0 Å². The zero-order valence-corrected chi connectivity index (χ0v) is 5.97. The molecule has 0 bridgehead atoms. The zero-order chi connectivity index (χ0) is 7.40. The van der Waals surface area contributed by atoms with E-state index in [4.69, 9.17) is 5.73 Å². The second-order valence-corrected chi connectivity index (χ2v) is 2.34. The third kappa shape index (κ3) is 1.73. The van der Waals surface area contributed by atoms with Crippen molar-refractivity contribution >= 4 is 24.1 Å².